The molecule has 32 heavy (non-hydrogen) atoms. The number of anilines is 3. The number of hydrazone groups is 1. The van der Waals surface area contributed by atoms with Crippen molar-refractivity contribution in [3.63, 3.8) is 0 Å². The molecule has 1 aliphatic heterocycles. The van der Waals surface area contributed by atoms with Crippen LogP contribution in [0, 0.1) is 0 Å². The fraction of sp³-hybridized carbons (Fsp3) is 0.238. The summed E-state index contributed by atoms with van der Waals surface area (Å²) in [6, 6.07) is 14.7. The minimum absolute atomic E-state index is 0.0653. The van der Waals surface area contributed by atoms with Gasteiger partial charge < -0.3 is 15.2 Å². The number of phenolic OH excluding ortho intramolecular Hbond substituents is 1. The zero-order valence-electron chi connectivity index (χ0n) is 17.2. The summed E-state index contributed by atoms with van der Waals surface area (Å²) >= 11 is 5.98. The average molecular weight is 455 g/mol. The topological polar surface area (TPSA) is 120 Å². The number of rotatable bonds is 8. The van der Waals surface area contributed by atoms with E-state index >= 15 is 0 Å². The van der Waals surface area contributed by atoms with Crippen molar-refractivity contribution in [3.05, 3.63) is 64.7 Å². The van der Waals surface area contributed by atoms with E-state index in [1.165, 1.54) is 12.3 Å². The van der Waals surface area contributed by atoms with Crippen molar-refractivity contribution in [2.45, 2.75) is 6.54 Å². The summed E-state index contributed by atoms with van der Waals surface area (Å²) in [5.74, 6) is 1.07. The van der Waals surface area contributed by atoms with Crippen molar-refractivity contribution in [3.8, 4) is 5.75 Å². The number of aromatic hydroxyl groups is 1. The van der Waals surface area contributed by atoms with E-state index in [2.05, 4.69) is 36.2 Å². The number of nitrogens with zero attached hydrogens (tertiary/aromatic N) is 5. The highest BCUT2D eigenvalue weighted by Gasteiger charge is 2.13. The molecule has 0 amide bonds. The van der Waals surface area contributed by atoms with Gasteiger partial charge in [0.15, 0.2) is 0 Å². The van der Waals surface area contributed by atoms with E-state index in [0.29, 0.717) is 55.3 Å². The lowest BCUT2D eigenvalue weighted by molar-refractivity contribution is 0.0492. The lowest BCUT2D eigenvalue weighted by Crippen LogP contribution is -2.40. The molecule has 11 heteroatoms. The van der Waals surface area contributed by atoms with Crippen LogP contribution in [0.4, 0.5) is 17.8 Å². The highest BCUT2D eigenvalue weighted by Crippen LogP contribution is 2.20. The molecule has 1 aliphatic rings. The Balaban J connectivity index is 1.50. The Morgan fingerprint density at radius 3 is 2.59 bits per heavy atom. The van der Waals surface area contributed by atoms with E-state index < -0.39 is 0 Å². The van der Waals surface area contributed by atoms with Crippen molar-refractivity contribution in [2.75, 3.05) is 42.5 Å². The van der Waals surface area contributed by atoms with E-state index in [-0.39, 0.29) is 11.7 Å². The Morgan fingerprint density at radius 1 is 1.03 bits per heavy atom. The molecule has 1 fully saturated rings. The number of benzene rings is 2. The van der Waals surface area contributed by atoms with Crippen LogP contribution in [0.15, 0.2) is 53.6 Å². The molecule has 2 heterocycles. The third kappa shape index (κ3) is 6.27. The Kier molecular flexibility index (Phi) is 7.28. The second-order valence-electron chi connectivity index (χ2n) is 6.93. The number of aromatic nitrogens is 3. The monoisotopic (exact) mass is 454 g/mol. The van der Waals surface area contributed by atoms with Gasteiger partial charge in [-0.3, -0.25) is 5.43 Å². The lowest BCUT2D eigenvalue weighted by Gasteiger charge is -2.26. The number of morpholine rings is 1. The molecule has 10 nitrogen and oxygen atoms in total. The van der Waals surface area contributed by atoms with E-state index in [9.17, 15) is 5.11 Å². The SMILES string of the molecule is Oc1ccc(Cl)cc1/C=N/Nc1nc(NCc2ccccc2)nc(NN2CCOCC2)n1. The Hall–Kier alpha value is -3.47. The molecular weight excluding hydrogens is 432 g/mol. The first-order valence-electron chi connectivity index (χ1n) is 10.1. The Labute approximate surface area is 190 Å². The first kappa shape index (κ1) is 21.8. The van der Waals surface area contributed by atoms with Crippen LogP contribution in [0.25, 0.3) is 0 Å². The van der Waals surface area contributed by atoms with E-state index in [1.807, 2.05) is 35.3 Å². The van der Waals surface area contributed by atoms with Gasteiger partial charge in [0.25, 0.3) is 0 Å². The van der Waals surface area contributed by atoms with Gasteiger partial charge in [0, 0.05) is 30.2 Å². The molecule has 0 bridgehead atoms. The second kappa shape index (κ2) is 10.7. The van der Waals surface area contributed by atoms with Gasteiger partial charge in [0.2, 0.25) is 17.8 Å². The van der Waals surface area contributed by atoms with Gasteiger partial charge in [-0.15, -0.1) is 0 Å². The zero-order chi connectivity index (χ0) is 22.2. The third-order valence-electron chi connectivity index (χ3n) is 4.56. The molecule has 0 radical (unpaired) electrons. The van der Waals surface area contributed by atoms with Gasteiger partial charge in [-0.1, -0.05) is 41.9 Å². The van der Waals surface area contributed by atoms with Crippen molar-refractivity contribution in [1.82, 2.24) is 20.0 Å². The predicted molar refractivity (Wildman–Crippen MR) is 124 cm³/mol. The number of phenols is 1. The quantitative estimate of drug-likeness (QED) is 0.300. The van der Waals surface area contributed by atoms with Crippen molar-refractivity contribution in [2.24, 2.45) is 5.10 Å². The molecule has 1 aromatic heterocycles. The summed E-state index contributed by atoms with van der Waals surface area (Å²) in [4.78, 5) is 13.2. The molecule has 3 aromatic rings. The maximum Gasteiger partial charge on any atom is 0.250 e. The standard InChI is InChI=1S/C21H23ClN8O2/c22-17-6-7-18(31)16(12-17)14-24-28-20-25-19(23-13-15-4-2-1-3-5-15)26-21(27-20)29-30-8-10-32-11-9-30/h1-7,12,14,31H,8-11,13H2,(H3,23,25,26,27,28,29)/b24-14+. The Bertz CT molecular complexity index is 1060. The summed E-state index contributed by atoms with van der Waals surface area (Å²) < 4.78 is 5.38. The van der Waals surface area contributed by atoms with Crippen LogP contribution in [-0.2, 0) is 11.3 Å². The molecule has 0 saturated carbocycles. The summed E-state index contributed by atoms with van der Waals surface area (Å²) in [6.45, 7) is 3.26. The van der Waals surface area contributed by atoms with Gasteiger partial charge in [-0.2, -0.15) is 20.1 Å². The number of hydrazine groups is 1. The highest BCUT2D eigenvalue weighted by atomic mass is 35.5. The van der Waals surface area contributed by atoms with Crippen LogP contribution in [-0.4, -0.2) is 57.6 Å². The van der Waals surface area contributed by atoms with E-state index in [4.69, 9.17) is 16.3 Å². The van der Waals surface area contributed by atoms with Crippen LogP contribution in [0.5, 0.6) is 5.75 Å². The summed E-state index contributed by atoms with van der Waals surface area (Å²) in [6.07, 6.45) is 1.44. The molecule has 0 aliphatic carbocycles. The number of nitrogens with one attached hydrogen (secondary N) is 3. The Morgan fingerprint density at radius 2 is 1.78 bits per heavy atom. The van der Waals surface area contributed by atoms with Crippen molar-refractivity contribution >= 4 is 35.7 Å². The summed E-state index contributed by atoms with van der Waals surface area (Å²) in [5, 5.41) is 19.7. The molecule has 2 aromatic carbocycles. The predicted octanol–water partition coefficient (Wildman–Crippen LogP) is 2.95. The normalized spacial score (nSPS) is 14.4. The number of halogens is 1. The molecular formula is C21H23ClN8O2. The van der Waals surface area contributed by atoms with E-state index in [0.717, 1.165) is 5.56 Å². The van der Waals surface area contributed by atoms with Crippen LogP contribution >= 0.6 is 11.6 Å². The van der Waals surface area contributed by atoms with Crippen LogP contribution in [0.1, 0.15) is 11.1 Å². The van der Waals surface area contributed by atoms with Gasteiger partial charge in [0.05, 0.1) is 19.4 Å². The van der Waals surface area contributed by atoms with Crippen molar-refractivity contribution in [1.29, 1.82) is 0 Å². The third-order valence-corrected chi connectivity index (χ3v) is 4.79. The number of hydrogen-bond acceptors (Lipinski definition) is 10. The average Bonchev–Trinajstić information content (AvgIpc) is 2.81. The molecule has 4 rings (SSSR count). The van der Waals surface area contributed by atoms with Gasteiger partial charge in [0.1, 0.15) is 5.75 Å². The van der Waals surface area contributed by atoms with Crippen LogP contribution in [0.3, 0.4) is 0 Å². The minimum atomic E-state index is 0.0653. The molecule has 1 saturated heterocycles. The van der Waals surface area contributed by atoms with Crippen LogP contribution < -0.4 is 16.2 Å². The van der Waals surface area contributed by atoms with Crippen LogP contribution in [0.2, 0.25) is 5.02 Å². The summed E-state index contributed by atoms with van der Waals surface area (Å²) in [7, 11) is 0. The lowest BCUT2D eigenvalue weighted by atomic mass is 10.2. The molecule has 0 atom stereocenters. The minimum Gasteiger partial charge on any atom is -0.507 e. The molecule has 166 valence electrons. The van der Waals surface area contributed by atoms with Crippen molar-refractivity contribution < 1.29 is 9.84 Å². The second-order valence-corrected chi connectivity index (χ2v) is 7.37. The molecule has 0 unspecified atom stereocenters. The first-order valence-corrected chi connectivity index (χ1v) is 10.4. The van der Waals surface area contributed by atoms with Gasteiger partial charge in [-0.25, -0.2) is 10.4 Å². The smallest absolute Gasteiger partial charge is 0.250 e. The fourth-order valence-corrected chi connectivity index (χ4v) is 3.12. The fourth-order valence-electron chi connectivity index (χ4n) is 2.94. The van der Waals surface area contributed by atoms with Gasteiger partial charge >= 0.3 is 0 Å². The number of hydrogen-bond donors (Lipinski definition) is 4. The maximum absolute atomic E-state index is 9.93. The number of ether oxygens (including phenoxy) is 1. The maximum atomic E-state index is 9.93. The zero-order valence-corrected chi connectivity index (χ0v) is 18.0. The highest BCUT2D eigenvalue weighted by molar-refractivity contribution is 6.30. The molecule has 0 spiro atoms. The van der Waals surface area contributed by atoms with E-state index in [1.54, 1.807) is 12.1 Å². The largest absolute Gasteiger partial charge is 0.507 e. The first-order chi connectivity index (χ1) is 15.7. The van der Waals surface area contributed by atoms with Gasteiger partial charge in [-0.05, 0) is 23.8 Å². The summed E-state index contributed by atoms with van der Waals surface area (Å²) in [5.41, 5.74) is 7.53. The molecule has 4 N–H and O–H groups in total.